The van der Waals surface area contributed by atoms with Crippen LogP contribution in [-0.2, 0) is 4.79 Å². The highest BCUT2D eigenvalue weighted by atomic mass is 16.2. The summed E-state index contributed by atoms with van der Waals surface area (Å²) in [6, 6.07) is 0.139. The second-order valence-corrected chi connectivity index (χ2v) is 9.25. The predicted molar refractivity (Wildman–Crippen MR) is 87.6 cm³/mol. The van der Waals surface area contributed by atoms with Crippen molar-refractivity contribution in [3.05, 3.63) is 0 Å². The van der Waals surface area contributed by atoms with Crippen LogP contribution in [0.3, 0.4) is 0 Å². The Morgan fingerprint density at radius 3 is 2.05 bits per heavy atom. The number of nitrogens with one attached hydrogen (secondary N) is 2. The van der Waals surface area contributed by atoms with E-state index in [1.54, 1.807) is 0 Å². The monoisotopic (exact) mass is 305 g/mol. The average Bonchev–Trinajstić information content (AvgIpc) is 2.45. The molecule has 1 atom stereocenters. The summed E-state index contributed by atoms with van der Waals surface area (Å²) >= 11 is 0. The molecule has 22 heavy (non-hydrogen) atoms. The fraction of sp³-hybridized carbons (Fsp3) is 0.947. The Hall–Kier alpha value is -0.570. The molecule has 4 saturated carbocycles. The lowest BCUT2D eigenvalue weighted by atomic mass is 9.53. The lowest BCUT2D eigenvalue weighted by Crippen LogP contribution is -3.17. The first kappa shape index (κ1) is 15.0. The molecule has 1 saturated heterocycles. The molecule has 0 spiro atoms. The fourth-order valence-electron chi connectivity index (χ4n) is 6.38. The van der Waals surface area contributed by atoms with Gasteiger partial charge in [0.05, 0.1) is 13.1 Å². The van der Waals surface area contributed by atoms with Crippen molar-refractivity contribution >= 4 is 5.91 Å². The first-order valence-corrected chi connectivity index (χ1v) is 9.69. The van der Waals surface area contributed by atoms with E-state index in [9.17, 15) is 4.79 Å². The molecule has 0 aromatic rings. The Morgan fingerprint density at radius 1 is 1.05 bits per heavy atom. The van der Waals surface area contributed by atoms with Crippen LogP contribution in [0.4, 0.5) is 0 Å². The zero-order chi connectivity index (χ0) is 15.3. The number of quaternary nitrogens is 1. The number of likely N-dealkylation sites (tertiary alicyclic amines) is 1. The van der Waals surface area contributed by atoms with Crippen LogP contribution in [0, 0.1) is 23.7 Å². The van der Waals surface area contributed by atoms with Gasteiger partial charge in [0.15, 0.2) is 6.04 Å². The first-order chi connectivity index (χ1) is 10.5. The molecule has 1 amide bonds. The van der Waals surface area contributed by atoms with Crippen molar-refractivity contribution in [2.75, 3.05) is 13.1 Å². The van der Waals surface area contributed by atoms with E-state index in [1.165, 1.54) is 69.4 Å². The van der Waals surface area contributed by atoms with Crippen LogP contribution in [0.25, 0.3) is 0 Å². The normalized spacial score (nSPS) is 48.2. The smallest absolute Gasteiger partial charge is 0.278 e. The highest BCUT2D eigenvalue weighted by Gasteiger charge is 2.52. The maximum Gasteiger partial charge on any atom is 0.278 e. The van der Waals surface area contributed by atoms with Crippen molar-refractivity contribution in [3.8, 4) is 0 Å². The quantitative estimate of drug-likeness (QED) is 0.819. The summed E-state index contributed by atoms with van der Waals surface area (Å²) in [6.07, 6.45) is 10.7. The standard InChI is InChI=1S/C19H32N2O/c1-13-3-5-21(6-4-13)14(2)18(22)20-19-10-15-7-16(11-19)9-17(8-15)12-19/h13-17H,3-12H2,1-2H3,(H,20,22)/p+1/t14-,15?,16?,17?,19?/m1/s1. The number of carbonyl (C=O) groups is 1. The van der Waals surface area contributed by atoms with E-state index in [2.05, 4.69) is 19.2 Å². The highest BCUT2D eigenvalue weighted by Crippen LogP contribution is 2.55. The van der Waals surface area contributed by atoms with Gasteiger partial charge in [-0.25, -0.2) is 0 Å². The highest BCUT2D eigenvalue weighted by molar-refractivity contribution is 5.80. The summed E-state index contributed by atoms with van der Waals surface area (Å²) in [5, 5.41) is 3.57. The van der Waals surface area contributed by atoms with E-state index >= 15 is 0 Å². The van der Waals surface area contributed by atoms with Gasteiger partial charge in [-0.15, -0.1) is 0 Å². The maximum atomic E-state index is 12.9. The van der Waals surface area contributed by atoms with E-state index in [0.29, 0.717) is 5.91 Å². The third-order valence-electron chi connectivity index (χ3n) is 7.35. The van der Waals surface area contributed by atoms with Gasteiger partial charge < -0.3 is 10.2 Å². The minimum atomic E-state index is 0.139. The Morgan fingerprint density at radius 2 is 1.55 bits per heavy atom. The molecule has 3 nitrogen and oxygen atoms in total. The lowest BCUT2D eigenvalue weighted by molar-refractivity contribution is -0.920. The van der Waals surface area contributed by atoms with Gasteiger partial charge in [0, 0.05) is 5.54 Å². The number of piperidine rings is 1. The molecule has 5 aliphatic rings. The van der Waals surface area contributed by atoms with Crippen LogP contribution in [0.15, 0.2) is 0 Å². The van der Waals surface area contributed by atoms with Crippen LogP contribution in [0.1, 0.15) is 65.2 Å². The Bertz CT molecular complexity index is 403. The van der Waals surface area contributed by atoms with Crippen LogP contribution < -0.4 is 10.2 Å². The van der Waals surface area contributed by atoms with Gasteiger partial charge in [-0.3, -0.25) is 4.79 Å². The van der Waals surface area contributed by atoms with E-state index < -0.39 is 0 Å². The Balaban J connectivity index is 1.39. The Labute approximate surface area is 135 Å². The largest absolute Gasteiger partial charge is 0.345 e. The molecule has 5 fully saturated rings. The van der Waals surface area contributed by atoms with Gasteiger partial charge in [-0.05, 0) is 82.0 Å². The van der Waals surface area contributed by atoms with Crippen LogP contribution in [0.5, 0.6) is 0 Å². The third kappa shape index (κ3) is 2.70. The Kier molecular flexibility index (Phi) is 3.75. The summed E-state index contributed by atoms with van der Waals surface area (Å²) in [5.41, 5.74) is 0.183. The summed E-state index contributed by atoms with van der Waals surface area (Å²) in [4.78, 5) is 14.4. The number of carbonyl (C=O) groups excluding carboxylic acids is 1. The summed E-state index contributed by atoms with van der Waals surface area (Å²) in [5.74, 6) is 3.91. The first-order valence-electron chi connectivity index (χ1n) is 9.69. The predicted octanol–water partition coefficient (Wildman–Crippen LogP) is 1.77. The van der Waals surface area contributed by atoms with Gasteiger partial charge in [-0.2, -0.15) is 0 Å². The molecule has 0 unspecified atom stereocenters. The molecule has 3 heteroatoms. The molecule has 0 aromatic heterocycles. The van der Waals surface area contributed by atoms with Crippen molar-refractivity contribution in [3.63, 3.8) is 0 Å². The minimum Gasteiger partial charge on any atom is -0.345 e. The number of hydrogen-bond donors (Lipinski definition) is 2. The molecule has 1 aliphatic heterocycles. The zero-order valence-corrected chi connectivity index (χ0v) is 14.4. The van der Waals surface area contributed by atoms with Gasteiger partial charge in [0.25, 0.3) is 5.91 Å². The third-order valence-corrected chi connectivity index (χ3v) is 7.35. The molecule has 2 N–H and O–H groups in total. The van der Waals surface area contributed by atoms with Gasteiger partial charge in [0.1, 0.15) is 0 Å². The lowest BCUT2D eigenvalue weighted by Gasteiger charge is -2.57. The second kappa shape index (κ2) is 5.51. The molecule has 0 aromatic carbocycles. The summed E-state index contributed by atoms with van der Waals surface area (Å²) < 4.78 is 0. The van der Waals surface area contributed by atoms with Crippen molar-refractivity contribution in [1.82, 2.24) is 5.32 Å². The van der Waals surface area contributed by atoms with Gasteiger partial charge in [0.2, 0.25) is 0 Å². The molecule has 4 bridgehead atoms. The number of amides is 1. The van der Waals surface area contributed by atoms with Crippen molar-refractivity contribution < 1.29 is 9.69 Å². The van der Waals surface area contributed by atoms with Crippen molar-refractivity contribution in [1.29, 1.82) is 0 Å². The number of rotatable bonds is 3. The van der Waals surface area contributed by atoms with Crippen molar-refractivity contribution in [2.45, 2.75) is 76.8 Å². The summed E-state index contributed by atoms with van der Waals surface area (Å²) in [6.45, 7) is 6.85. The van der Waals surface area contributed by atoms with Crippen LogP contribution >= 0.6 is 0 Å². The molecular formula is C19H33N2O+. The van der Waals surface area contributed by atoms with Gasteiger partial charge in [-0.1, -0.05) is 6.92 Å². The van der Waals surface area contributed by atoms with E-state index in [-0.39, 0.29) is 11.6 Å². The fourth-order valence-corrected chi connectivity index (χ4v) is 6.38. The average molecular weight is 305 g/mol. The summed E-state index contributed by atoms with van der Waals surface area (Å²) in [7, 11) is 0. The molecule has 0 radical (unpaired) electrons. The molecule has 4 aliphatic carbocycles. The molecule has 5 rings (SSSR count). The molecule has 124 valence electrons. The van der Waals surface area contributed by atoms with E-state index in [0.717, 1.165) is 23.7 Å². The topological polar surface area (TPSA) is 33.5 Å². The van der Waals surface area contributed by atoms with Gasteiger partial charge >= 0.3 is 0 Å². The second-order valence-electron chi connectivity index (χ2n) is 9.25. The maximum absolute atomic E-state index is 12.9. The van der Waals surface area contributed by atoms with Crippen LogP contribution in [0.2, 0.25) is 0 Å². The van der Waals surface area contributed by atoms with Crippen LogP contribution in [-0.4, -0.2) is 30.6 Å². The van der Waals surface area contributed by atoms with E-state index in [4.69, 9.17) is 0 Å². The van der Waals surface area contributed by atoms with Crippen molar-refractivity contribution in [2.24, 2.45) is 23.7 Å². The minimum absolute atomic E-state index is 0.139. The molecule has 1 heterocycles. The molecular weight excluding hydrogens is 272 g/mol. The number of hydrogen-bond acceptors (Lipinski definition) is 1. The SMILES string of the molecule is CC1CC[NH+]([C@H](C)C(=O)NC23CC4CC(CC(C4)C2)C3)CC1. The zero-order valence-electron chi connectivity index (χ0n) is 14.4. The van der Waals surface area contributed by atoms with E-state index in [1.807, 2.05) is 0 Å².